The van der Waals surface area contributed by atoms with Crippen molar-refractivity contribution in [2.24, 2.45) is 0 Å². The first-order chi connectivity index (χ1) is 11.3. The molecule has 2 aromatic carbocycles. The average Bonchev–Trinajstić information content (AvgIpc) is 2.53. The van der Waals surface area contributed by atoms with E-state index < -0.39 is 10.0 Å². The molecule has 5 nitrogen and oxygen atoms in total. The Morgan fingerprint density at radius 2 is 1.92 bits per heavy atom. The van der Waals surface area contributed by atoms with E-state index in [1.165, 1.54) is 25.3 Å². The van der Waals surface area contributed by atoms with Gasteiger partial charge in [0, 0.05) is 6.54 Å². The summed E-state index contributed by atoms with van der Waals surface area (Å²) < 4.78 is 37.9. The molecule has 0 radical (unpaired) electrons. The molecule has 2 aromatic rings. The third kappa shape index (κ3) is 4.87. The Bertz CT molecular complexity index is 806. The highest BCUT2D eigenvalue weighted by molar-refractivity contribution is 7.89. The number of ether oxygens (including phenoxy) is 2. The maximum atomic E-state index is 12.4. The summed E-state index contributed by atoms with van der Waals surface area (Å²) in [7, 11) is -2.20. The van der Waals surface area contributed by atoms with Gasteiger partial charge in [0.1, 0.15) is 11.5 Å². The second-order valence-electron chi connectivity index (χ2n) is 5.43. The van der Waals surface area contributed by atoms with E-state index in [-0.39, 0.29) is 22.6 Å². The minimum Gasteiger partial charge on any atom is -0.495 e. The Morgan fingerprint density at radius 3 is 2.54 bits per heavy atom. The number of benzene rings is 2. The van der Waals surface area contributed by atoms with Crippen molar-refractivity contribution in [3.05, 3.63) is 53.1 Å². The maximum Gasteiger partial charge on any atom is 0.240 e. The summed E-state index contributed by atoms with van der Waals surface area (Å²) in [6.07, 6.45) is 0.0541. The minimum absolute atomic E-state index is 0.0541. The Labute approximate surface area is 147 Å². The van der Waals surface area contributed by atoms with Crippen LogP contribution in [0, 0.1) is 0 Å². The third-order valence-electron chi connectivity index (χ3n) is 3.17. The van der Waals surface area contributed by atoms with Crippen molar-refractivity contribution in [3.8, 4) is 11.5 Å². The summed E-state index contributed by atoms with van der Waals surface area (Å²) in [5.41, 5.74) is 0.802. The van der Waals surface area contributed by atoms with Crippen molar-refractivity contribution < 1.29 is 17.9 Å². The molecule has 0 aliphatic carbocycles. The number of nitrogens with one attached hydrogen (secondary N) is 1. The van der Waals surface area contributed by atoms with Gasteiger partial charge < -0.3 is 9.47 Å². The zero-order valence-electron chi connectivity index (χ0n) is 13.7. The lowest BCUT2D eigenvalue weighted by Crippen LogP contribution is -2.23. The zero-order chi connectivity index (χ0) is 17.7. The van der Waals surface area contributed by atoms with Crippen molar-refractivity contribution in [3.63, 3.8) is 0 Å². The van der Waals surface area contributed by atoms with Crippen LogP contribution in [0.2, 0.25) is 5.02 Å². The van der Waals surface area contributed by atoms with Crippen LogP contribution in [0.3, 0.4) is 0 Å². The van der Waals surface area contributed by atoms with E-state index in [0.717, 1.165) is 5.56 Å². The number of hydrogen-bond acceptors (Lipinski definition) is 4. The summed E-state index contributed by atoms with van der Waals surface area (Å²) >= 11 is 5.99. The topological polar surface area (TPSA) is 64.6 Å². The fourth-order valence-corrected chi connectivity index (χ4v) is 3.44. The van der Waals surface area contributed by atoms with Crippen LogP contribution < -0.4 is 14.2 Å². The first-order valence-electron chi connectivity index (χ1n) is 7.40. The Kier molecular flexibility index (Phi) is 6.10. The summed E-state index contributed by atoms with van der Waals surface area (Å²) in [4.78, 5) is 0.0860. The molecule has 0 atom stereocenters. The lowest BCUT2D eigenvalue weighted by molar-refractivity contribution is 0.242. The van der Waals surface area contributed by atoms with Gasteiger partial charge >= 0.3 is 0 Å². The highest BCUT2D eigenvalue weighted by Gasteiger charge is 2.16. The Morgan fingerprint density at radius 1 is 1.17 bits per heavy atom. The van der Waals surface area contributed by atoms with E-state index in [0.29, 0.717) is 11.5 Å². The van der Waals surface area contributed by atoms with E-state index in [2.05, 4.69) is 4.72 Å². The molecule has 0 fully saturated rings. The molecule has 0 saturated heterocycles. The molecule has 2 rings (SSSR count). The molecule has 0 heterocycles. The average molecular weight is 370 g/mol. The van der Waals surface area contributed by atoms with E-state index in [1.54, 1.807) is 0 Å². The second-order valence-corrected chi connectivity index (χ2v) is 7.61. The fraction of sp³-hybridized carbons (Fsp3) is 0.294. The quantitative estimate of drug-likeness (QED) is 0.809. The molecule has 0 bridgehead atoms. The van der Waals surface area contributed by atoms with Gasteiger partial charge in [0.2, 0.25) is 10.0 Å². The lowest BCUT2D eigenvalue weighted by Gasteiger charge is -2.12. The van der Waals surface area contributed by atoms with E-state index in [4.69, 9.17) is 21.1 Å². The first-order valence-corrected chi connectivity index (χ1v) is 9.27. The SMILES string of the molecule is COc1ccc(S(=O)(=O)NCc2cccc(OC(C)C)c2)cc1Cl. The minimum atomic E-state index is -3.67. The number of halogens is 1. The van der Waals surface area contributed by atoms with Gasteiger partial charge in [-0.3, -0.25) is 0 Å². The molecule has 130 valence electrons. The molecule has 0 amide bonds. The molecule has 0 unspecified atom stereocenters. The predicted octanol–water partition coefficient (Wildman–Crippen LogP) is 3.61. The van der Waals surface area contributed by atoms with Crippen LogP contribution in [0.4, 0.5) is 0 Å². The Hall–Kier alpha value is -1.76. The van der Waals surface area contributed by atoms with Gasteiger partial charge in [0.05, 0.1) is 23.1 Å². The fourth-order valence-electron chi connectivity index (χ4n) is 2.08. The van der Waals surface area contributed by atoms with E-state index >= 15 is 0 Å². The van der Waals surface area contributed by atoms with Crippen molar-refractivity contribution >= 4 is 21.6 Å². The molecule has 1 N–H and O–H groups in total. The highest BCUT2D eigenvalue weighted by Crippen LogP contribution is 2.27. The van der Waals surface area contributed by atoms with Crippen LogP contribution in [0.15, 0.2) is 47.4 Å². The van der Waals surface area contributed by atoms with Gasteiger partial charge in [-0.1, -0.05) is 23.7 Å². The van der Waals surface area contributed by atoms with E-state index in [1.807, 2.05) is 38.1 Å². The van der Waals surface area contributed by atoms with Gasteiger partial charge in [-0.15, -0.1) is 0 Å². The summed E-state index contributed by atoms with van der Waals surface area (Å²) in [6.45, 7) is 4.02. The van der Waals surface area contributed by atoms with Crippen LogP contribution in [0.25, 0.3) is 0 Å². The number of rotatable bonds is 7. The van der Waals surface area contributed by atoms with Gasteiger partial charge in [0.25, 0.3) is 0 Å². The summed E-state index contributed by atoms with van der Waals surface area (Å²) in [5, 5.41) is 0.243. The second kappa shape index (κ2) is 7.88. The van der Waals surface area contributed by atoms with Crippen LogP contribution in [0.1, 0.15) is 19.4 Å². The smallest absolute Gasteiger partial charge is 0.240 e. The molecule has 0 saturated carbocycles. The molecular formula is C17H20ClNO4S. The van der Waals surface area contributed by atoms with Crippen LogP contribution in [0.5, 0.6) is 11.5 Å². The molecular weight excluding hydrogens is 350 g/mol. The van der Waals surface area contributed by atoms with Crippen molar-refractivity contribution in [2.45, 2.75) is 31.4 Å². The third-order valence-corrected chi connectivity index (χ3v) is 4.86. The largest absolute Gasteiger partial charge is 0.495 e. The first kappa shape index (κ1) is 18.6. The van der Waals surface area contributed by atoms with Crippen LogP contribution in [-0.2, 0) is 16.6 Å². The number of methoxy groups -OCH3 is 1. The monoisotopic (exact) mass is 369 g/mol. The normalized spacial score (nSPS) is 11.5. The number of sulfonamides is 1. The van der Waals surface area contributed by atoms with Crippen molar-refractivity contribution in [2.75, 3.05) is 7.11 Å². The van der Waals surface area contributed by atoms with Gasteiger partial charge in [-0.05, 0) is 49.7 Å². The highest BCUT2D eigenvalue weighted by atomic mass is 35.5. The van der Waals surface area contributed by atoms with E-state index in [9.17, 15) is 8.42 Å². The maximum absolute atomic E-state index is 12.4. The predicted molar refractivity (Wildman–Crippen MR) is 94.2 cm³/mol. The van der Waals surface area contributed by atoms with Crippen LogP contribution in [-0.4, -0.2) is 21.6 Å². The molecule has 7 heteroatoms. The Balaban J connectivity index is 2.11. The molecule has 0 aliphatic heterocycles. The zero-order valence-corrected chi connectivity index (χ0v) is 15.3. The lowest BCUT2D eigenvalue weighted by atomic mass is 10.2. The number of hydrogen-bond donors (Lipinski definition) is 1. The molecule has 24 heavy (non-hydrogen) atoms. The van der Waals surface area contributed by atoms with Crippen molar-refractivity contribution in [1.29, 1.82) is 0 Å². The van der Waals surface area contributed by atoms with Gasteiger partial charge in [-0.25, -0.2) is 13.1 Å². The molecule has 0 spiro atoms. The molecule has 0 aliphatic rings. The van der Waals surface area contributed by atoms with Gasteiger partial charge in [0.15, 0.2) is 0 Å². The van der Waals surface area contributed by atoms with Gasteiger partial charge in [-0.2, -0.15) is 0 Å². The standard InChI is InChI=1S/C17H20ClNO4S/c1-12(2)23-14-6-4-5-13(9-14)11-19-24(20,21)15-7-8-17(22-3)16(18)10-15/h4-10,12,19H,11H2,1-3H3. The van der Waals surface area contributed by atoms with Crippen LogP contribution >= 0.6 is 11.6 Å². The van der Waals surface area contributed by atoms with Crippen molar-refractivity contribution in [1.82, 2.24) is 4.72 Å². The summed E-state index contributed by atoms with van der Waals surface area (Å²) in [5.74, 6) is 1.13. The summed E-state index contributed by atoms with van der Waals surface area (Å²) in [6, 6.07) is 11.6. The molecule has 0 aromatic heterocycles.